The van der Waals surface area contributed by atoms with Crippen molar-refractivity contribution >= 4 is 28.0 Å². The molecule has 0 amide bonds. The maximum Gasteiger partial charge on any atom is 0.155 e. The summed E-state index contributed by atoms with van der Waals surface area (Å²) >= 11 is 0. The lowest BCUT2D eigenvalue weighted by molar-refractivity contribution is 0.507. The van der Waals surface area contributed by atoms with Crippen LogP contribution in [-0.4, -0.2) is 6.15 Å². The molecule has 0 saturated heterocycles. The van der Waals surface area contributed by atoms with E-state index in [-0.39, 0.29) is 0 Å². The molecule has 0 heterocycles. The van der Waals surface area contributed by atoms with Gasteiger partial charge in [-0.25, -0.2) is 35.1 Å². The van der Waals surface area contributed by atoms with E-state index in [9.17, 15) is 17.6 Å². The Labute approximate surface area is 183 Å². The van der Waals surface area contributed by atoms with Crippen LogP contribution in [0.5, 0.6) is 0 Å². The van der Waals surface area contributed by atoms with Crippen LogP contribution in [0.15, 0.2) is 72.8 Å². The second-order valence-electron chi connectivity index (χ2n) is 7.44. The van der Waals surface area contributed by atoms with Crippen molar-refractivity contribution in [3.05, 3.63) is 119 Å². The lowest BCUT2D eigenvalue weighted by Crippen LogP contribution is -2.77. The van der Waals surface area contributed by atoms with Gasteiger partial charge in [0.15, 0.2) is 23.3 Å². The van der Waals surface area contributed by atoms with Gasteiger partial charge < -0.3 is 0 Å². The summed E-state index contributed by atoms with van der Waals surface area (Å²) in [5, 5.41) is 0. The summed E-state index contributed by atoms with van der Waals surface area (Å²) in [4.78, 5) is 0. The molecule has 0 spiro atoms. The van der Waals surface area contributed by atoms with Gasteiger partial charge in [0, 0.05) is 0 Å². The third-order valence-electron chi connectivity index (χ3n) is 5.79. The van der Waals surface area contributed by atoms with Crippen molar-refractivity contribution in [2.75, 3.05) is 0 Å². The predicted octanol–water partition coefficient (Wildman–Crippen LogP) is 4.18. The maximum absolute atomic E-state index is 15.2. The molecule has 4 rings (SSSR count). The van der Waals surface area contributed by atoms with Gasteiger partial charge in [0.25, 0.3) is 0 Å². The first-order chi connectivity index (χ1) is 15.7. The van der Waals surface area contributed by atoms with E-state index in [1.54, 1.807) is 0 Å². The van der Waals surface area contributed by atoms with Gasteiger partial charge in [0.2, 0.25) is 0 Å². The molecule has 0 bridgehead atoms. The van der Waals surface area contributed by atoms with E-state index in [1.165, 1.54) is 0 Å². The third-order valence-corrected chi connectivity index (χ3v) is 5.79. The minimum absolute atomic E-state index is 0.700. The van der Waals surface area contributed by atoms with Crippen molar-refractivity contribution in [2.45, 2.75) is 0 Å². The van der Waals surface area contributed by atoms with Gasteiger partial charge in [-0.1, -0.05) is 48.5 Å². The Morgan fingerprint density at radius 3 is 0.758 bits per heavy atom. The Hall–Kier alpha value is -3.62. The van der Waals surface area contributed by atoms with Crippen LogP contribution in [-0.2, 0) is 0 Å². The van der Waals surface area contributed by atoms with Crippen LogP contribution in [0.1, 0.15) is 0 Å². The fourth-order valence-corrected chi connectivity index (χ4v) is 4.42. The molecule has 0 N–H and O–H groups in total. The Morgan fingerprint density at radius 2 is 0.545 bits per heavy atom. The minimum atomic E-state index is -3.85. The SMILES string of the molecule is Fc1cccc([B-](c2cccc(F)c2F)(c2cccc(F)c2F)c2cccc(F)c2F)c1F. The van der Waals surface area contributed by atoms with Crippen molar-refractivity contribution in [3.8, 4) is 0 Å². The summed E-state index contributed by atoms with van der Waals surface area (Å²) in [6.07, 6.45) is -3.85. The summed E-state index contributed by atoms with van der Waals surface area (Å²) in [5.41, 5.74) is -3.30. The largest absolute Gasteiger partial charge is 0.207 e. The highest BCUT2D eigenvalue weighted by molar-refractivity contribution is 7.20. The quantitative estimate of drug-likeness (QED) is 0.315. The van der Waals surface area contributed by atoms with Crippen LogP contribution >= 0.6 is 0 Å². The average Bonchev–Trinajstić information content (AvgIpc) is 2.79. The second kappa shape index (κ2) is 8.39. The van der Waals surface area contributed by atoms with E-state index in [4.69, 9.17) is 0 Å². The minimum Gasteiger partial charge on any atom is -0.207 e. The summed E-state index contributed by atoms with van der Waals surface area (Å²) in [6.45, 7) is 0. The highest BCUT2D eigenvalue weighted by Crippen LogP contribution is 2.20. The molecule has 9 heteroatoms. The van der Waals surface area contributed by atoms with Crippen LogP contribution in [0.25, 0.3) is 0 Å². The van der Waals surface area contributed by atoms with Crippen molar-refractivity contribution in [1.82, 2.24) is 0 Å². The molecule has 0 fully saturated rings. The molecule has 0 atom stereocenters. The highest BCUT2D eigenvalue weighted by atomic mass is 19.2. The fraction of sp³-hybridized carbons (Fsp3) is 0. The first-order valence-electron chi connectivity index (χ1n) is 9.64. The van der Waals surface area contributed by atoms with E-state index in [1.807, 2.05) is 0 Å². The van der Waals surface area contributed by atoms with Gasteiger partial charge >= 0.3 is 0 Å². The van der Waals surface area contributed by atoms with Gasteiger partial charge in [0.05, 0.1) is 0 Å². The number of benzene rings is 4. The molecule has 0 nitrogen and oxygen atoms in total. The topological polar surface area (TPSA) is 0 Å². The fourth-order valence-electron chi connectivity index (χ4n) is 4.42. The smallest absolute Gasteiger partial charge is 0.155 e. The van der Waals surface area contributed by atoms with Gasteiger partial charge in [-0.2, -0.15) is 21.9 Å². The highest BCUT2D eigenvalue weighted by Gasteiger charge is 2.41. The molecule has 0 aliphatic rings. The molecule has 0 saturated carbocycles. The van der Waals surface area contributed by atoms with Gasteiger partial charge in [-0.15, -0.1) is 0 Å². The van der Waals surface area contributed by atoms with Gasteiger partial charge in [-0.3, -0.25) is 0 Å². The van der Waals surface area contributed by atoms with Gasteiger partial charge in [-0.05, 0) is 24.3 Å². The zero-order valence-corrected chi connectivity index (χ0v) is 16.5. The average molecular weight is 463 g/mol. The monoisotopic (exact) mass is 463 g/mol. The van der Waals surface area contributed by atoms with Crippen LogP contribution < -0.4 is 21.9 Å². The Morgan fingerprint density at radius 1 is 0.333 bits per heavy atom. The summed E-state index contributed by atoms with van der Waals surface area (Å²) in [6, 6.07) is 10.3. The van der Waals surface area contributed by atoms with Crippen LogP contribution in [0.2, 0.25) is 0 Å². The molecule has 0 radical (unpaired) electrons. The second-order valence-corrected chi connectivity index (χ2v) is 7.44. The molecular weight excluding hydrogens is 451 g/mol. The summed E-state index contributed by atoms with van der Waals surface area (Å²) < 4.78 is 118. The number of halogens is 8. The van der Waals surface area contributed by atoms with E-state index in [0.717, 1.165) is 48.5 Å². The Balaban J connectivity index is 2.36. The molecular formula is C24H12BF8-. The zero-order valence-electron chi connectivity index (χ0n) is 16.5. The Kier molecular flexibility index (Phi) is 5.74. The third kappa shape index (κ3) is 3.39. The molecule has 0 aromatic heterocycles. The van der Waals surface area contributed by atoms with E-state index >= 15 is 17.6 Å². The van der Waals surface area contributed by atoms with Crippen molar-refractivity contribution in [3.63, 3.8) is 0 Å². The first kappa shape index (κ1) is 22.6. The van der Waals surface area contributed by atoms with Crippen molar-refractivity contribution in [2.24, 2.45) is 0 Å². The van der Waals surface area contributed by atoms with Crippen molar-refractivity contribution < 1.29 is 35.1 Å². The standard InChI is InChI=1S/C24H12BF8/c26-17-9-1-5-13(21(17)30)25(14-6-2-10-18(27)22(14)31,15-7-3-11-19(28)23(15)32)16-8-4-12-20(29)24(16)33/h1-12H/q-1. The molecule has 0 aliphatic heterocycles. The zero-order chi connectivity index (χ0) is 23.9. The normalized spacial score (nSPS) is 11.6. The molecule has 4 aromatic carbocycles. The molecule has 0 aliphatic carbocycles. The van der Waals surface area contributed by atoms with Gasteiger partial charge in [0.1, 0.15) is 29.4 Å². The first-order valence-corrected chi connectivity index (χ1v) is 9.64. The molecule has 33 heavy (non-hydrogen) atoms. The maximum atomic E-state index is 15.2. The van der Waals surface area contributed by atoms with E-state index in [0.29, 0.717) is 24.3 Å². The summed E-state index contributed by atoms with van der Waals surface area (Å²) in [5.74, 6) is -12.5. The molecule has 4 aromatic rings. The van der Waals surface area contributed by atoms with Crippen molar-refractivity contribution in [1.29, 1.82) is 0 Å². The number of hydrogen-bond acceptors (Lipinski definition) is 0. The lowest BCUT2D eigenvalue weighted by Gasteiger charge is -2.44. The van der Waals surface area contributed by atoms with Crippen LogP contribution in [0.3, 0.4) is 0 Å². The lowest BCUT2D eigenvalue weighted by atomic mass is 9.12. The van der Waals surface area contributed by atoms with Crippen LogP contribution in [0.4, 0.5) is 35.1 Å². The molecule has 0 unspecified atom stereocenters. The van der Waals surface area contributed by atoms with E-state index in [2.05, 4.69) is 0 Å². The Bertz CT molecular complexity index is 1160. The van der Waals surface area contributed by atoms with E-state index < -0.39 is 74.5 Å². The number of hydrogen-bond donors (Lipinski definition) is 0. The number of rotatable bonds is 4. The summed E-state index contributed by atoms with van der Waals surface area (Å²) in [7, 11) is 0. The molecule has 168 valence electrons. The van der Waals surface area contributed by atoms with Crippen LogP contribution in [0, 0.1) is 46.5 Å². The predicted molar refractivity (Wildman–Crippen MR) is 110 cm³/mol.